The molecule has 2 aromatic rings. The molecule has 1 fully saturated rings. The van der Waals surface area contributed by atoms with Crippen LogP contribution in [0.25, 0.3) is 11.1 Å². The van der Waals surface area contributed by atoms with Gasteiger partial charge >= 0.3 is 0 Å². The number of nitrogens with zero attached hydrogens (tertiary/aromatic N) is 1. The number of rotatable bonds is 5. The first-order valence-corrected chi connectivity index (χ1v) is 10.2. The van der Waals surface area contributed by atoms with Crippen molar-refractivity contribution >= 4 is 24.0 Å². The van der Waals surface area contributed by atoms with Gasteiger partial charge in [0.2, 0.25) is 0 Å². The first-order chi connectivity index (χ1) is 13.2. The van der Waals surface area contributed by atoms with Crippen LogP contribution < -0.4 is 15.5 Å². The zero-order chi connectivity index (χ0) is 18.8. The number of carbonyl (C=O) groups is 1. The molecule has 0 aromatic heterocycles. The van der Waals surface area contributed by atoms with Crippen LogP contribution in [0.2, 0.25) is 0 Å². The molecule has 0 bridgehead atoms. The molecule has 1 saturated heterocycles. The topological polar surface area (TPSA) is 44.4 Å². The van der Waals surface area contributed by atoms with Crippen molar-refractivity contribution in [1.29, 1.82) is 0 Å². The first-order valence-electron chi connectivity index (χ1n) is 10.2. The Morgan fingerprint density at radius 2 is 1.89 bits per heavy atom. The third-order valence-electron chi connectivity index (χ3n) is 5.86. The van der Waals surface area contributed by atoms with Gasteiger partial charge in [0.1, 0.15) is 0 Å². The minimum absolute atomic E-state index is 0. The van der Waals surface area contributed by atoms with Crippen LogP contribution in [-0.2, 0) is 0 Å². The highest BCUT2D eigenvalue weighted by Gasteiger charge is 2.32. The van der Waals surface area contributed by atoms with Crippen LogP contribution in [0.4, 0.5) is 5.69 Å². The molecular formula is C23H30ClN3O. The zero-order valence-corrected chi connectivity index (χ0v) is 17.6. The number of fused-ring (bicyclic) bond motifs is 3. The van der Waals surface area contributed by atoms with E-state index in [-0.39, 0.29) is 18.3 Å². The number of carbonyl (C=O) groups excluding carboxylic acids is 1. The molecule has 1 aliphatic carbocycles. The normalized spacial score (nSPS) is 17.5. The van der Waals surface area contributed by atoms with Gasteiger partial charge in [-0.25, -0.2) is 0 Å². The van der Waals surface area contributed by atoms with Crippen molar-refractivity contribution in [3.05, 3.63) is 53.1 Å². The second-order valence-corrected chi connectivity index (χ2v) is 7.58. The van der Waals surface area contributed by atoms with Gasteiger partial charge in [0, 0.05) is 38.6 Å². The van der Waals surface area contributed by atoms with E-state index in [4.69, 9.17) is 0 Å². The number of nitrogens with one attached hydrogen (secondary N) is 2. The van der Waals surface area contributed by atoms with E-state index in [9.17, 15) is 4.79 Å². The standard InChI is InChI=1S/C23H29N3O.ClH/c1-3-4-11-25-23(27)20-10-9-19-18-8-6-5-7-17(18)16(2)21(19)22(20)26-14-12-24-13-15-26;/h5-10,16,24H,3-4,11-15H2,1-2H3,(H,25,27);1H. The van der Waals surface area contributed by atoms with E-state index in [1.807, 2.05) is 6.07 Å². The van der Waals surface area contributed by atoms with Gasteiger partial charge < -0.3 is 15.5 Å². The van der Waals surface area contributed by atoms with Gasteiger partial charge in [-0.05, 0) is 34.7 Å². The fraction of sp³-hybridized carbons (Fsp3) is 0.435. The Kier molecular flexibility index (Phi) is 6.63. The van der Waals surface area contributed by atoms with E-state index in [1.165, 1.54) is 22.3 Å². The summed E-state index contributed by atoms with van der Waals surface area (Å²) < 4.78 is 0. The molecule has 1 amide bonds. The van der Waals surface area contributed by atoms with E-state index >= 15 is 0 Å². The maximum absolute atomic E-state index is 13.0. The van der Waals surface area contributed by atoms with Crippen LogP contribution >= 0.6 is 12.4 Å². The van der Waals surface area contributed by atoms with Gasteiger partial charge in [-0.3, -0.25) is 4.79 Å². The Labute approximate surface area is 174 Å². The lowest BCUT2D eigenvalue weighted by molar-refractivity contribution is 0.0953. The Bertz CT molecular complexity index is 846. The molecule has 28 heavy (non-hydrogen) atoms. The van der Waals surface area contributed by atoms with Crippen LogP contribution in [-0.4, -0.2) is 38.6 Å². The molecule has 4 nitrogen and oxygen atoms in total. The number of piperazine rings is 1. The van der Waals surface area contributed by atoms with Crippen LogP contribution in [0, 0.1) is 0 Å². The number of hydrogen-bond donors (Lipinski definition) is 2. The Morgan fingerprint density at radius 3 is 2.64 bits per heavy atom. The van der Waals surface area contributed by atoms with Crippen LogP contribution in [0.15, 0.2) is 36.4 Å². The summed E-state index contributed by atoms with van der Waals surface area (Å²) >= 11 is 0. The predicted molar refractivity (Wildman–Crippen MR) is 119 cm³/mol. The Balaban J connectivity index is 0.00000225. The number of anilines is 1. The summed E-state index contributed by atoms with van der Waals surface area (Å²) in [7, 11) is 0. The molecule has 0 spiro atoms. The highest BCUT2D eigenvalue weighted by atomic mass is 35.5. The van der Waals surface area contributed by atoms with Gasteiger partial charge in [0.15, 0.2) is 0 Å². The largest absolute Gasteiger partial charge is 0.368 e. The summed E-state index contributed by atoms with van der Waals surface area (Å²) in [6.07, 6.45) is 2.10. The Morgan fingerprint density at radius 1 is 1.14 bits per heavy atom. The SMILES string of the molecule is CCCCNC(=O)c1ccc2c(c1N1CCNCC1)C(C)c1ccccc1-2.Cl. The summed E-state index contributed by atoms with van der Waals surface area (Å²) in [5, 5.41) is 6.55. The molecule has 1 unspecified atom stereocenters. The van der Waals surface area contributed by atoms with Crippen molar-refractivity contribution in [1.82, 2.24) is 10.6 Å². The van der Waals surface area contributed by atoms with Crippen molar-refractivity contribution in [3.8, 4) is 11.1 Å². The van der Waals surface area contributed by atoms with E-state index in [0.717, 1.165) is 56.8 Å². The number of unbranched alkanes of at least 4 members (excludes halogenated alkanes) is 1. The summed E-state index contributed by atoms with van der Waals surface area (Å²) in [5.41, 5.74) is 7.26. The maximum atomic E-state index is 13.0. The van der Waals surface area contributed by atoms with E-state index in [2.05, 4.69) is 59.7 Å². The predicted octanol–water partition coefficient (Wildman–Crippen LogP) is 4.18. The first kappa shape index (κ1) is 20.7. The highest BCUT2D eigenvalue weighted by molar-refractivity contribution is 6.03. The fourth-order valence-corrected chi connectivity index (χ4v) is 4.44. The molecule has 2 aromatic carbocycles. The van der Waals surface area contributed by atoms with Crippen molar-refractivity contribution in [2.45, 2.75) is 32.6 Å². The minimum Gasteiger partial charge on any atom is -0.368 e. The van der Waals surface area contributed by atoms with Crippen LogP contribution in [0.3, 0.4) is 0 Å². The lowest BCUT2D eigenvalue weighted by atomic mass is 9.93. The molecule has 2 N–H and O–H groups in total. The van der Waals surface area contributed by atoms with Gasteiger partial charge in [0.25, 0.3) is 5.91 Å². The number of amides is 1. The molecule has 150 valence electrons. The molecular weight excluding hydrogens is 370 g/mol. The second-order valence-electron chi connectivity index (χ2n) is 7.58. The smallest absolute Gasteiger partial charge is 0.253 e. The highest BCUT2D eigenvalue weighted by Crippen LogP contribution is 2.49. The summed E-state index contributed by atoms with van der Waals surface area (Å²) in [6.45, 7) is 8.96. The quantitative estimate of drug-likeness (QED) is 0.741. The van der Waals surface area contributed by atoms with Gasteiger partial charge in [0.05, 0.1) is 11.3 Å². The van der Waals surface area contributed by atoms with Crippen LogP contribution in [0.1, 0.15) is 54.1 Å². The minimum atomic E-state index is 0. The van der Waals surface area contributed by atoms with Crippen molar-refractivity contribution < 1.29 is 4.79 Å². The van der Waals surface area contributed by atoms with Gasteiger partial charge in [-0.2, -0.15) is 0 Å². The molecule has 1 atom stereocenters. The average molecular weight is 400 g/mol. The zero-order valence-electron chi connectivity index (χ0n) is 16.8. The summed E-state index contributed by atoms with van der Waals surface area (Å²) in [5.74, 6) is 0.368. The monoisotopic (exact) mass is 399 g/mol. The van der Waals surface area contributed by atoms with Crippen LogP contribution in [0.5, 0.6) is 0 Å². The van der Waals surface area contributed by atoms with Crippen molar-refractivity contribution in [2.75, 3.05) is 37.6 Å². The second kappa shape index (κ2) is 8.97. The molecule has 0 saturated carbocycles. The molecule has 4 rings (SSSR count). The lowest BCUT2D eigenvalue weighted by Crippen LogP contribution is -2.45. The lowest BCUT2D eigenvalue weighted by Gasteiger charge is -2.33. The molecule has 1 aliphatic heterocycles. The molecule has 5 heteroatoms. The van der Waals surface area contributed by atoms with E-state index in [0.29, 0.717) is 5.92 Å². The number of halogens is 1. The van der Waals surface area contributed by atoms with E-state index in [1.54, 1.807) is 0 Å². The molecule has 1 heterocycles. The van der Waals surface area contributed by atoms with Gasteiger partial charge in [-0.15, -0.1) is 12.4 Å². The Hall–Kier alpha value is -2.04. The number of hydrogen-bond acceptors (Lipinski definition) is 3. The fourth-order valence-electron chi connectivity index (χ4n) is 4.44. The summed E-state index contributed by atoms with van der Waals surface area (Å²) in [4.78, 5) is 15.4. The molecule has 0 radical (unpaired) electrons. The average Bonchev–Trinajstić information content (AvgIpc) is 3.01. The third-order valence-corrected chi connectivity index (χ3v) is 5.86. The third kappa shape index (κ3) is 3.63. The van der Waals surface area contributed by atoms with Gasteiger partial charge in [-0.1, -0.05) is 50.6 Å². The summed E-state index contributed by atoms with van der Waals surface area (Å²) in [6, 6.07) is 12.8. The maximum Gasteiger partial charge on any atom is 0.253 e. The molecule has 2 aliphatic rings. The number of benzene rings is 2. The van der Waals surface area contributed by atoms with Crippen molar-refractivity contribution in [3.63, 3.8) is 0 Å². The van der Waals surface area contributed by atoms with Crippen molar-refractivity contribution in [2.24, 2.45) is 0 Å². The van der Waals surface area contributed by atoms with E-state index < -0.39 is 0 Å².